The van der Waals surface area contributed by atoms with Gasteiger partial charge < -0.3 is 15.4 Å². The highest BCUT2D eigenvalue weighted by atomic mass is 79.9. The second-order valence-electron chi connectivity index (χ2n) is 6.01. The largest absolute Gasteiger partial charge is 0.456 e. The van der Waals surface area contributed by atoms with Gasteiger partial charge >= 0.3 is 5.97 Å². The maximum absolute atomic E-state index is 11.9. The quantitative estimate of drug-likeness (QED) is 0.434. The summed E-state index contributed by atoms with van der Waals surface area (Å²) in [5.74, 6) is -1.68. The molecule has 29 heavy (non-hydrogen) atoms. The first-order valence-corrected chi connectivity index (χ1v) is 9.73. The molecule has 7 nitrogen and oxygen atoms in total. The smallest absolute Gasteiger partial charge is 0.306 e. The molecule has 0 atom stereocenters. The van der Waals surface area contributed by atoms with Gasteiger partial charge in [-0.3, -0.25) is 19.2 Å². The Morgan fingerprint density at radius 3 is 2.28 bits per heavy atom. The number of hydrogen-bond acceptors (Lipinski definition) is 5. The Hall–Kier alpha value is -2.71. The van der Waals surface area contributed by atoms with Crippen molar-refractivity contribution in [1.82, 2.24) is 0 Å². The molecular formula is C20H18BrClN2O5. The van der Waals surface area contributed by atoms with Crippen molar-refractivity contribution in [2.24, 2.45) is 0 Å². The summed E-state index contributed by atoms with van der Waals surface area (Å²) in [6.45, 7) is 0.965. The van der Waals surface area contributed by atoms with Crippen LogP contribution in [0.1, 0.15) is 30.1 Å². The summed E-state index contributed by atoms with van der Waals surface area (Å²) in [6.07, 6.45) is -0.281. The number of benzene rings is 2. The van der Waals surface area contributed by atoms with Crippen LogP contribution in [0.2, 0.25) is 5.02 Å². The number of carbonyl (C=O) groups is 4. The van der Waals surface area contributed by atoms with Crippen molar-refractivity contribution in [3.05, 3.63) is 57.5 Å². The van der Waals surface area contributed by atoms with E-state index in [1.807, 2.05) is 0 Å². The third kappa shape index (κ3) is 7.67. The minimum Gasteiger partial charge on any atom is -0.456 e. The second-order valence-corrected chi connectivity index (χ2v) is 7.34. The lowest BCUT2D eigenvalue weighted by molar-refractivity contribution is -0.147. The highest BCUT2D eigenvalue weighted by Crippen LogP contribution is 2.25. The molecule has 0 unspecified atom stereocenters. The Balaban J connectivity index is 1.71. The molecule has 2 aromatic rings. The highest BCUT2D eigenvalue weighted by molar-refractivity contribution is 9.10. The Bertz CT molecular complexity index is 931. The summed E-state index contributed by atoms with van der Waals surface area (Å²) >= 11 is 9.26. The average molecular weight is 482 g/mol. The molecule has 2 rings (SSSR count). The Labute approximate surface area is 180 Å². The van der Waals surface area contributed by atoms with Crippen LogP contribution in [0.25, 0.3) is 0 Å². The molecule has 0 saturated carbocycles. The van der Waals surface area contributed by atoms with Crippen LogP contribution in [0.4, 0.5) is 11.4 Å². The first-order chi connectivity index (χ1) is 13.7. The lowest BCUT2D eigenvalue weighted by Gasteiger charge is -2.09. The summed E-state index contributed by atoms with van der Waals surface area (Å²) in [6, 6.07) is 11.3. The zero-order valence-corrected chi connectivity index (χ0v) is 17.8. The molecule has 0 aliphatic rings. The minimum absolute atomic E-state index is 0.0722. The van der Waals surface area contributed by atoms with Crippen LogP contribution in [0.5, 0.6) is 0 Å². The Kier molecular flexibility index (Phi) is 8.35. The molecule has 0 spiro atoms. The lowest BCUT2D eigenvalue weighted by Crippen LogP contribution is -2.22. The third-order valence-electron chi connectivity index (χ3n) is 3.70. The maximum atomic E-state index is 11.9. The molecular weight excluding hydrogens is 464 g/mol. The molecule has 0 aliphatic carbocycles. The summed E-state index contributed by atoms with van der Waals surface area (Å²) in [7, 11) is 0. The predicted molar refractivity (Wildman–Crippen MR) is 113 cm³/mol. The topological polar surface area (TPSA) is 102 Å². The number of nitrogens with one attached hydrogen (secondary N) is 2. The van der Waals surface area contributed by atoms with Crippen molar-refractivity contribution >= 4 is 62.5 Å². The van der Waals surface area contributed by atoms with Crippen molar-refractivity contribution in [2.45, 2.75) is 19.8 Å². The van der Waals surface area contributed by atoms with Gasteiger partial charge in [0.05, 0.1) is 17.1 Å². The van der Waals surface area contributed by atoms with E-state index in [-0.39, 0.29) is 24.5 Å². The minimum atomic E-state index is -0.677. The van der Waals surface area contributed by atoms with Gasteiger partial charge in [0.25, 0.3) is 5.91 Å². The van der Waals surface area contributed by atoms with Gasteiger partial charge in [-0.15, -0.1) is 0 Å². The van der Waals surface area contributed by atoms with Gasteiger partial charge in [-0.25, -0.2) is 0 Å². The van der Waals surface area contributed by atoms with E-state index < -0.39 is 18.5 Å². The molecule has 0 heterocycles. The zero-order chi connectivity index (χ0) is 21.4. The van der Waals surface area contributed by atoms with Gasteiger partial charge in [0.2, 0.25) is 5.91 Å². The van der Waals surface area contributed by atoms with Crippen molar-refractivity contribution in [2.75, 3.05) is 17.2 Å². The molecule has 0 saturated heterocycles. The van der Waals surface area contributed by atoms with E-state index in [1.165, 1.54) is 6.92 Å². The molecule has 9 heteroatoms. The maximum Gasteiger partial charge on any atom is 0.306 e. The van der Waals surface area contributed by atoms with Crippen molar-refractivity contribution in [1.29, 1.82) is 0 Å². The second kappa shape index (κ2) is 10.7. The molecule has 0 radical (unpaired) electrons. The number of carbonyl (C=O) groups excluding carboxylic acids is 4. The molecule has 0 aliphatic heterocycles. The lowest BCUT2D eigenvalue weighted by atomic mass is 10.1. The summed E-state index contributed by atoms with van der Waals surface area (Å²) in [5, 5.41) is 5.49. The molecule has 0 aromatic heterocycles. The van der Waals surface area contributed by atoms with Gasteiger partial charge in [0, 0.05) is 22.1 Å². The van der Waals surface area contributed by atoms with Crippen LogP contribution in [0.15, 0.2) is 46.9 Å². The van der Waals surface area contributed by atoms with E-state index in [0.29, 0.717) is 22.0 Å². The summed E-state index contributed by atoms with van der Waals surface area (Å²) < 4.78 is 5.63. The monoisotopic (exact) mass is 480 g/mol. The third-order valence-corrected chi connectivity index (χ3v) is 4.51. The van der Waals surface area contributed by atoms with Crippen LogP contribution < -0.4 is 10.6 Å². The van der Waals surface area contributed by atoms with E-state index in [0.717, 1.165) is 4.47 Å². The first-order valence-electron chi connectivity index (χ1n) is 8.56. The zero-order valence-electron chi connectivity index (χ0n) is 15.5. The fourth-order valence-electron chi connectivity index (χ4n) is 2.22. The predicted octanol–water partition coefficient (Wildman–Crippen LogP) is 4.21. The van der Waals surface area contributed by atoms with E-state index in [2.05, 4.69) is 26.6 Å². The van der Waals surface area contributed by atoms with Crippen molar-refractivity contribution < 1.29 is 23.9 Å². The Morgan fingerprint density at radius 2 is 1.66 bits per heavy atom. The van der Waals surface area contributed by atoms with Gasteiger partial charge in [0.15, 0.2) is 12.4 Å². The number of Topliss-reactive ketones (excluding diaryl/α,β-unsaturated/α-hetero) is 1. The van der Waals surface area contributed by atoms with E-state index >= 15 is 0 Å². The number of rotatable bonds is 8. The Morgan fingerprint density at radius 1 is 0.966 bits per heavy atom. The van der Waals surface area contributed by atoms with E-state index in [9.17, 15) is 19.2 Å². The average Bonchev–Trinajstić information content (AvgIpc) is 2.67. The summed E-state index contributed by atoms with van der Waals surface area (Å²) in [5.41, 5.74) is 1.44. The molecule has 0 bridgehead atoms. The number of esters is 1. The number of ether oxygens (including phenoxy) is 1. The molecule has 2 amide bonds. The van der Waals surface area contributed by atoms with E-state index in [4.69, 9.17) is 16.3 Å². The molecule has 2 N–H and O–H groups in total. The normalized spacial score (nSPS) is 10.2. The van der Waals surface area contributed by atoms with Crippen LogP contribution in [-0.4, -0.2) is 30.2 Å². The fourth-order valence-corrected chi connectivity index (χ4v) is 2.94. The van der Waals surface area contributed by atoms with Crippen LogP contribution in [-0.2, 0) is 19.1 Å². The fraction of sp³-hybridized carbons (Fsp3) is 0.200. The van der Waals surface area contributed by atoms with Crippen molar-refractivity contribution in [3.63, 3.8) is 0 Å². The SMILES string of the molecule is CC(=O)c1ccc(NC(=O)CCC(=O)OCC(=O)Nc2ccc(Br)cc2Cl)cc1. The van der Waals surface area contributed by atoms with Gasteiger partial charge in [-0.05, 0) is 49.4 Å². The van der Waals surface area contributed by atoms with Crippen LogP contribution in [0, 0.1) is 0 Å². The summed E-state index contributed by atoms with van der Waals surface area (Å²) in [4.78, 5) is 46.7. The van der Waals surface area contributed by atoms with Crippen LogP contribution >= 0.6 is 27.5 Å². The molecule has 152 valence electrons. The molecule has 2 aromatic carbocycles. The number of halogens is 2. The standard InChI is InChI=1S/C20H18BrClN2O5/c1-12(25)13-2-5-15(6-3-13)23-18(26)8-9-20(28)29-11-19(27)24-17-7-4-14(21)10-16(17)22/h2-7,10H,8-9,11H2,1H3,(H,23,26)(H,24,27). The number of hydrogen-bond donors (Lipinski definition) is 2. The van der Waals surface area contributed by atoms with Gasteiger partial charge in [-0.1, -0.05) is 27.5 Å². The van der Waals surface area contributed by atoms with Crippen LogP contribution in [0.3, 0.4) is 0 Å². The number of ketones is 1. The van der Waals surface area contributed by atoms with E-state index in [1.54, 1.807) is 42.5 Å². The molecule has 0 fully saturated rings. The number of amides is 2. The van der Waals surface area contributed by atoms with Gasteiger partial charge in [-0.2, -0.15) is 0 Å². The first kappa shape index (κ1) is 22.6. The van der Waals surface area contributed by atoms with Crippen molar-refractivity contribution in [3.8, 4) is 0 Å². The highest BCUT2D eigenvalue weighted by Gasteiger charge is 2.12. The number of anilines is 2. The van der Waals surface area contributed by atoms with Gasteiger partial charge in [0.1, 0.15) is 0 Å².